The van der Waals surface area contributed by atoms with Crippen molar-refractivity contribution in [2.45, 2.75) is 36.9 Å². The Balaban J connectivity index is 2.56. The molecule has 1 rings (SSSR count). The van der Waals surface area contributed by atoms with Crippen molar-refractivity contribution >= 4 is 23.5 Å². The molecule has 1 heterocycles. The minimum absolute atomic E-state index is 0.417. The minimum atomic E-state index is -0.417. The first kappa shape index (κ1) is 8.75. The van der Waals surface area contributed by atoms with E-state index in [0.29, 0.717) is 5.25 Å². The second kappa shape index (κ2) is 3.37. The van der Waals surface area contributed by atoms with Crippen LogP contribution >= 0.6 is 23.5 Å². The maximum atomic E-state index is 9.90. The lowest BCUT2D eigenvalue weighted by atomic mass is 10.1. The fourth-order valence-corrected chi connectivity index (χ4v) is 4.58. The predicted molar refractivity (Wildman–Crippen MR) is 49.4 cm³/mol. The van der Waals surface area contributed by atoms with Crippen LogP contribution in [0.5, 0.6) is 0 Å². The molecular weight excluding hydrogens is 164 g/mol. The minimum Gasteiger partial charge on any atom is -0.378 e. The lowest BCUT2D eigenvalue weighted by Crippen LogP contribution is -2.31. The van der Waals surface area contributed by atoms with Crippen molar-refractivity contribution in [3.8, 4) is 0 Å². The standard InChI is InChI=1S/C7H14OS2/c1-3-6-7(8,4-2)10-5-9-6/h6,8H,3-5H2,1-2H3. The van der Waals surface area contributed by atoms with Gasteiger partial charge in [0.2, 0.25) is 0 Å². The van der Waals surface area contributed by atoms with Crippen LogP contribution in [0.3, 0.4) is 0 Å². The first-order valence-electron chi connectivity index (χ1n) is 3.71. The Morgan fingerprint density at radius 3 is 2.70 bits per heavy atom. The molecule has 0 radical (unpaired) electrons. The van der Waals surface area contributed by atoms with E-state index in [0.717, 1.165) is 17.9 Å². The molecule has 0 aliphatic carbocycles. The molecule has 2 atom stereocenters. The van der Waals surface area contributed by atoms with Crippen molar-refractivity contribution in [3.05, 3.63) is 0 Å². The predicted octanol–water partition coefficient (Wildman–Crippen LogP) is 2.30. The highest BCUT2D eigenvalue weighted by atomic mass is 32.2. The monoisotopic (exact) mass is 178 g/mol. The van der Waals surface area contributed by atoms with E-state index in [1.165, 1.54) is 0 Å². The normalized spacial score (nSPS) is 40.5. The molecule has 0 spiro atoms. The van der Waals surface area contributed by atoms with Crippen molar-refractivity contribution in [1.29, 1.82) is 0 Å². The van der Waals surface area contributed by atoms with Gasteiger partial charge in [-0.15, -0.1) is 23.5 Å². The first-order valence-corrected chi connectivity index (χ1v) is 5.74. The molecule has 0 aromatic rings. The van der Waals surface area contributed by atoms with E-state index in [1.807, 2.05) is 11.8 Å². The summed E-state index contributed by atoms with van der Waals surface area (Å²) in [5, 5.41) is 11.4. The Morgan fingerprint density at radius 1 is 1.60 bits per heavy atom. The van der Waals surface area contributed by atoms with Gasteiger partial charge in [-0.05, 0) is 12.8 Å². The van der Waals surface area contributed by atoms with Gasteiger partial charge in [-0.3, -0.25) is 0 Å². The summed E-state index contributed by atoms with van der Waals surface area (Å²) < 4.78 is 0. The van der Waals surface area contributed by atoms with E-state index < -0.39 is 4.93 Å². The van der Waals surface area contributed by atoms with Gasteiger partial charge in [-0.1, -0.05) is 13.8 Å². The summed E-state index contributed by atoms with van der Waals surface area (Å²) in [7, 11) is 0. The van der Waals surface area contributed by atoms with Crippen LogP contribution in [-0.4, -0.2) is 20.4 Å². The summed E-state index contributed by atoms with van der Waals surface area (Å²) in [5.41, 5.74) is 0. The molecule has 60 valence electrons. The molecule has 10 heavy (non-hydrogen) atoms. The van der Waals surface area contributed by atoms with Crippen molar-refractivity contribution < 1.29 is 5.11 Å². The van der Waals surface area contributed by atoms with Crippen molar-refractivity contribution in [1.82, 2.24) is 0 Å². The third kappa shape index (κ3) is 1.46. The van der Waals surface area contributed by atoms with E-state index in [1.54, 1.807) is 11.8 Å². The number of aliphatic hydroxyl groups is 1. The summed E-state index contributed by atoms with van der Waals surface area (Å²) in [6.45, 7) is 4.20. The molecule has 1 aliphatic heterocycles. The zero-order valence-electron chi connectivity index (χ0n) is 6.46. The van der Waals surface area contributed by atoms with Gasteiger partial charge in [0.25, 0.3) is 0 Å². The average molecular weight is 178 g/mol. The fourth-order valence-electron chi connectivity index (χ4n) is 1.21. The topological polar surface area (TPSA) is 20.2 Å². The lowest BCUT2D eigenvalue weighted by molar-refractivity contribution is 0.131. The van der Waals surface area contributed by atoms with Crippen LogP contribution in [0.15, 0.2) is 0 Å². The SMILES string of the molecule is CCC1SCSC1(O)CC. The Bertz CT molecular complexity index is 118. The van der Waals surface area contributed by atoms with Crippen LogP contribution in [0, 0.1) is 0 Å². The van der Waals surface area contributed by atoms with Crippen LogP contribution in [0.1, 0.15) is 26.7 Å². The van der Waals surface area contributed by atoms with Gasteiger partial charge in [0, 0.05) is 10.3 Å². The summed E-state index contributed by atoms with van der Waals surface area (Å²) in [4.78, 5) is -0.417. The highest BCUT2D eigenvalue weighted by molar-refractivity contribution is 8.20. The molecule has 3 heteroatoms. The van der Waals surface area contributed by atoms with E-state index in [4.69, 9.17) is 0 Å². The quantitative estimate of drug-likeness (QED) is 0.700. The number of hydrogen-bond donors (Lipinski definition) is 1. The van der Waals surface area contributed by atoms with Gasteiger partial charge in [0.05, 0.1) is 0 Å². The molecule has 0 bridgehead atoms. The van der Waals surface area contributed by atoms with Gasteiger partial charge >= 0.3 is 0 Å². The van der Waals surface area contributed by atoms with Gasteiger partial charge in [-0.25, -0.2) is 0 Å². The highest BCUT2D eigenvalue weighted by Crippen LogP contribution is 2.47. The van der Waals surface area contributed by atoms with Gasteiger partial charge in [-0.2, -0.15) is 0 Å². The van der Waals surface area contributed by atoms with Crippen molar-refractivity contribution in [2.24, 2.45) is 0 Å². The summed E-state index contributed by atoms with van der Waals surface area (Å²) >= 11 is 3.58. The molecule has 0 aromatic heterocycles. The van der Waals surface area contributed by atoms with E-state index in [2.05, 4.69) is 13.8 Å². The van der Waals surface area contributed by atoms with Crippen LogP contribution in [0.25, 0.3) is 0 Å². The molecule has 0 amide bonds. The molecule has 1 N–H and O–H groups in total. The zero-order valence-corrected chi connectivity index (χ0v) is 8.10. The molecule has 1 nitrogen and oxygen atoms in total. The molecule has 0 saturated carbocycles. The third-order valence-corrected chi connectivity index (χ3v) is 5.32. The van der Waals surface area contributed by atoms with Gasteiger partial charge in [0.1, 0.15) is 4.93 Å². The van der Waals surface area contributed by atoms with Gasteiger partial charge < -0.3 is 5.11 Å². The van der Waals surface area contributed by atoms with Crippen LogP contribution < -0.4 is 0 Å². The maximum Gasteiger partial charge on any atom is 0.122 e. The van der Waals surface area contributed by atoms with Crippen LogP contribution in [-0.2, 0) is 0 Å². The molecule has 0 aromatic carbocycles. The molecule has 1 aliphatic rings. The van der Waals surface area contributed by atoms with E-state index >= 15 is 0 Å². The average Bonchev–Trinajstić information content (AvgIpc) is 2.32. The Labute approximate surface area is 71.0 Å². The lowest BCUT2D eigenvalue weighted by Gasteiger charge is -2.25. The molecule has 2 unspecified atom stereocenters. The van der Waals surface area contributed by atoms with Crippen molar-refractivity contribution in [3.63, 3.8) is 0 Å². The second-order valence-electron chi connectivity index (χ2n) is 2.52. The zero-order chi connectivity index (χ0) is 7.61. The molecule has 1 saturated heterocycles. The number of hydrogen-bond acceptors (Lipinski definition) is 3. The highest BCUT2D eigenvalue weighted by Gasteiger charge is 2.39. The van der Waals surface area contributed by atoms with Crippen LogP contribution in [0.4, 0.5) is 0 Å². The second-order valence-corrected chi connectivity index (χ2v) is 5.36. The summed E-state index contributed by atoms with van der Waals surface area (Å²) in [6.07, 6.45) is 1.96. The third-order valence-electron chi connectivity index (χ3n) is 1.96. The maximum absolute atomic E-state index is 9.90. The molecular formula is C7H14OS2. The number of thioether (sulfide) groups is 2. The first-order chi connectivity index (χ1) is 4.73. The number of rotatable bonds is 2. The Hall–Kier alpha value is 0.660. The fraction of sp³-hybridized carbons (Fsp3) is 1.00. The van der Waals surface area contributed by atoms with E-state index in [9.17, 15) is 5.11 Å². The molecule has 1 fully saturated rings. The Morgan fingerprint density at radius 2 is 2.30 bits per heavy atom. The van der Waals surface area contributed by atoms with Crippen molar-refractivity contribution in [2.75, 3.05) is 5.08 Å². The Kier molecular flexibility index (Phi) is 2.95. The van der Waals surface area contributed by atoms with Gasteiger partial charge in [0.15, 0.2) is 0 Å². The summed E-state index contributed by atoms with van der Waals surface area (Å²) in [5.74, 6) is 0. The van der Waals surface area contributed by atoms with Crippen LogP contribution in [0.2, 0.25) is 0 Å². The van der Waals surface area contributed by atoms with E-state index in [-0.39, 0.29) is 0 Å². The largest absolute Gasteiger partial charge is 0.378 e. The summed E-state index contributed by atoms with van der Waals surface area (Å²) in [6, 6.07) is 0. The smallest absolute Gasteiger partial charge is 0.122 e.